The SMILES string of the molecule is CCNC(=O)[C@H](C)N(Cc1cccc(C)c1)C(=O)COc1ccc(C(C)C)cc1Br. The zero-order valence-electron chi connectivity index (χ0n) is 18.4. The maximum atomic E-state index is 13.0. The summed E-state index contributed by atoms with van der Waals surface area (Å²) in [6.45, 7) is 10.6. The minimum absolute atomic E-state index is 0.144. The van der Waals surface area contributed by atoms with Crippen molar-refractivity contribution in [3.05, 3.63) is 63.6 Å². The molecule has 0 fully saturated rings. The van der Waals surface area contributed by atoms with Crippen LogP contribution in [0.1, 0.15) is 50.3 Å². The van der Waals surface area contributed by atoms with Gasteiger partial charge in [-0.1, -0.05) is 49.7 Å². The molecule has 6 heteroatoms. The Bertz CT molecular complexity index is 883. The third-order valence-electron chi connectivity index (χ3n) is 4.93. The molecule has 5 nitrogen and oxygen atoms in total. The summed E-state index contributed by atoms with van der Waals surface area (Å²) < 4.78 is 6.60. The lowest BCUT2D eigenvalue weighted by Gasteiger charge is -2.28. The van der Waals surface area contributed by atoms with E-state index < -0.39 is 6.04 Å². The number of halogens is 1. The highest BCUT2D eigenvalue weighted by Crippen LogP contribution is 2.29. The summed E-state index contributed by atoms with van der Waals surface area (Å²) in [7, 11) is 0. The summed E-state index contributed by atoms with van der Waals surface area (Å²) >= 11 is 3.52. The highest BCUT2D eigenvalue weighted by atomic mass is 79.9. The summed E-state index contributed by atoms with van der Waals surface area (Å²) in [6.07, 6.45) is 0. The lowest BCUT2D eigenvalue weighted by atomic mass is 10.0. The highest BCUT2D eigenvalue weighted by molar-refractivity contribution is 9.10. The van der Waals surface area contributed by atoms with Crippen molar-refractivity contribution in [2.24, 2.45) is 0 Å². The zero-order valence-corrected chi connectivity index (χ0v) is 20.0. The smallest absolute Gasteiger partial charge is 0.261 e. The quantitative estimate of drug-likeness (QED) is 0.566. The van der Waals surface area contributed by atoms with Crippen LogP contribution in [0.2, 0.25) is 0 Å². The molecule has 0 aliphatic heterocycles. The molecule has 2 rings (SSSR count). The molecule has 2 aromatic rings. The minimum atomic E-state index is -0.603. The predicted molar refractivity (Wildman–Crippen MR) is 124 cm³/mol. The van der Waals surface area contributed by atoms with Crippen molar-refractivity contribution in [3.63, 3.8) is 0 Å². The van der Waals surface area contributed by atoms with Gasteiger partial charge in [-0.15, -0.1) is 0 Å². The lowest BCUT2D eigenvalue weighted by molar-refractivity contribution is -0.142. The van der Waals surface area contributed by atoms with Crippen molar-refractivity contribution in [2.75, 3.05) is 13.2 Å². The Balaban J connectivity index is 2.16. The molecular weight excluding hydrogens is 444 g/mol. The summed E-state index contributed by atoms with van der Waals surface area (Å²) in [5.74, 6) is 0.588. The topological polar surface area (TPSA) is 58.6 Å². The van der Waals surface area contributed by atoms with Crippen LogP contribution in [0, 0.1) is 6.92 Å². The Kier molecular flexibility index (Phi) is 8.90. The largest absolute Gasteiger partial charge is 0.483 e. The summed E-state index contributed by atoms with van der Waals surface area (Å²) in [5.41, 5.74) is 3.27. The second-order valence-electron chi connectivity index (χ2n) is 7.71. The minimum Gasteiger partial charge on any atom is -0.483 e. The Hall–Kier alpha value is -2.34. The van der Waals surface area contributed by atoms with E-state index >= 15 is 0 Å². The van der Waals surface area contributed by atoms with Crippen LogP contribution in [-0.4, -0.2) is 35.9 Å². The van der Waals surface area contributed by atoms with Gasteiger partial charge in [-0.3, -0.25) is 9.59 Å². The molecule has 30 heavy (non-hydrogen) atoms. The van der Waals surface area contributed by atoms with E-state index in [2.05, 4.69) is 35.1 Å². The van der Waals surface area contributed by atoms with Gasteiger partial charge in [-0.25, -0.2) is 0 Å². The number of carbonyl (C=O) groups excluding carboxylic acids is 2. The van der Waals surface area contributed by atoms with Gasteiger partial charge in [-0.2, -0.15) is 0 Å². The number of ether oxygens (including phenoxy) is 1. The number of likely N-dealkylation sites (N-methyl/N-ethyl adjacent to an activating group) is 1. The number of nitrogens with one attached hydrogen (secondary N) is 1. The molecule has 0 aliphatic carbocycles. The number of aryl methyl sites for hydroxylation is 1. The van der Waals surface area contributed by atoms with E-state index in [1.807, 2.05) is 56.3 Å². The van der Waals surface area contributed by atoms with Crippen molar-refractivity contribution in [2.45, 2.75) is 53.1 Å². The number of carbonyl (C=O) groups is 2. The molecule has 0 heterocycles. The van der Waals surface area contributed by atoms with Gasteiger partial charge in [0.1, 0.15) is 11.8 Å². The van der Waals surface area contributed by atoms with Crippen molar-refractivity contribution in [1.29, 1.82) is 0 Å². The normalized spacial score (nSPS) is 11.8. The van der Waals surface area contributed by atoms with E-state index in [1.54, 1.807) is 11.8 Å². The summed E-state index contributed by atoms with van der Waals surface area (Å²) in [5, 5.41) is 2.80. The first kappa shape index (κ1) is 23.9. The molecule has 0 unspecified atom stereocenters. The average molecular weight is 475 g/mol. The Labute approximate surface area is 187 Å². The molecule has 0 saturated carbocycles. The van der Waals surface area contributed by atoms with Gasteiger partial charge in [0.2, 0.25) is 5.91 Å². The molecule has 162 valence electrons. The number of nitrogens with zero attached hydrogens (tertiary/aromatic N) is 1. The van der Waals surface area contributed by atoms with Crippen LogP contribution in [-0.2, 0) is 16.1 Å². The number of hydrogen-bond acceptors (Lipinski definition) is 3. The van der Waals surface area contributed by atoms with E-state index in [1.165, 1.54) is 5.56 Å². The van der Waals surface area contributed by atoms with E-state index in [0.29, 0.717) is 24.8 Å². The summed E-state index contributed by atoms with van der Waals surface area (Å²) in [4.78, 5) is 27.0. The molecule has 2 amide bonds. The van der Waals surface area contributed by atoms with Crippen LogP contribution in [0.5, 0.6) is 5.75 Å². The van der Waals surface area contributed by atoms with Crippen LogP contribution in [0.15, 0.2) is 46.9 Å². The maximum Gasteiger partial charge on any atom is 0.261 e. The fraction of sp³-hybridized carbons (Fsp3) is 0.417. The molecule has 0 bridgehead atoms. The molecule has 1 N–H and O–H groups in total. The van der Waals surface area contributed by atoms with E-state index in [0.717, 1.165) is 15.6 Å². The van der Waals surface area contributed by atoms with E-state index in [-0.39, 0.29) is 18.4 Å². The lowest BCUT2D eigenvalue weighted by Crippen LogP contribution is -2.49. The number of amides is 2. The van der Waals surface area contributed by atoms with Gasteiger partial charge in [0.15, 0.2) is 6.61 Å². The third kappa shape index (κ3) is 6.59. The van der Waals surface area contributed by atoms with Crippen LogP contribution in [0.4, 0.5) is 0 Å². The number of hydrogen-bond donors (Lipinski definition) is 1. The van der Waals surface area contributed by atoms with Gasteiger partial charge >= 0.3 is 0 Å². The van der Waals surface area contributed by atoms with Gasteiger partial charge < -0.3 is 15.0 Å². The standard InChI is InChI=1S/C24H31BrN2O3/c1-6-26-24(29)18(5)27(14-19-9-7-8-17(4)12-19)23(28)15-30-22-11-10-20(16(2)3)13-21(22)25/h7-13,16,18H,6,14-15H2,1-5H3,(H,26,29)/t18-/m0/s1. The van der Waals surface area contributed by atoms with Gasteiger partial charge in [0.05, 0.1) is 4.47 Å². The monoisotopic (exact) mass is 474 g/mol. The highest BCUT2D eigenvalue weighted by Gasteiger charge is 2.26. The van der Waals surface area contributed by atoms with Gasteiger partial charge in [0, 0.05) is 13.1 Å². The first-order chi connectivity index (χ1) is 14.2. The molecule has 0 saturated heterocycles. The molecule has 0 aromatic heterocycles. The predicted octanol–water partition coefficient (Wildman–Crippen LogP) is 4.81. The molecule has 0 radical (unpaired) electrons. The number of benzene rings is 2. The van der Waals surface area contributed by atoms with Crippen LogP contribution in [0.3, 0.4) is 0 Å². The second kappa shape index (κ2) is 11.2. The van der Waals surface area contributed by atoms with Crippen molar-refractivity contribution in [1.82, 2.24) is 10.2 Å². The van der Waals surface area contributed by atoms with Gasteiger partial charge in [-0.05, 0) is 65.9 Å². The maximum absolute atomic E-state index is 13.0. The zero-order chi connectivity index (χ0) is 22.3. The first-order valence-electron chi connectivity index (χ1n) is 10.3. The fourth-order valence-corrected chi connectivity index (χ4v) is 3.64. The van der Waals surface area contributed by atoms with Crippen molar-refractivity contribution < 1.29 is 14.3 Å². The van der Waals surface area contributed by atoms with Gasteiger partial charge in [0.25, 0.3) is 5.91 Å². The summed E-state index contributed by atoms with van der Waals surface area (Å²) in [6, 6.07) is 13.2. The molecule has 0 spiro atoms. The molecular formula is C24H31BrN2O3. The van der Waals surface area contributed by atoms with Crippen LogP contribution in [0.25, 0.3) is 0 Å². The average Bonchev–Trinajstić information content (AvgIpc) is 2.70. The Morgan fingerprint density at radius 3 is 2.47 bits per heavy atom. The van der Waals surface area contributed by atoms with E-state index in [4.69, 9.17) is 4.74 Å². The fourth-order valence-electron chi connectivity index (χ4n) is 3.13. The number of rotatable bonds is 9. The molecule has 0 aliphatic rings. The van der Waals surface area contributed by atoms with Crippen molar-refractivity contribution >= 4 is 27.7 Å². The van der Waals surface area contributed by atoms with Crippen LogP contribution >= 0.6 is 15.9 Å². The molecule has 1 atom stereocenters. The van der Waals surface area contributed by atoms with Crippen molar-refractivity contribution in [3.8, 4) is 5.75 Å². The Morgan fingerprint density at radius 2 is 1.87 bits per heavy atom. The Morgan fingerprint density at radius 1 is 1.13 bits per heavy atom. The molecule has 2 aromatic carbocycles. The first-order valence-corrected chi connectivity index (χ1v) is 11.1. The van der Waals surface area contributed by atoms with Crippen LogP contribution < -0.4 is 10.1 Å². The third-order valence-corrected chi connectivity index (χ3v) is 5.55. The second-order valence-corrected chi connectivity index (χ2v) is 8.57. The van der Waals surface area contributed by atoms with E-state index in [9.17, 15) is 9.59 Å².